The summed E-state index contributed by atoms with van der Waals surface area (Å²) < 4.78 is 2.00. The van der Waals surface area contributed by atoms with Crippen LogP contribution in [0.4, 0.5) is 0 Å². The van der Waals surface area contributed by atoms with Gasteiger partial charge in [0.15, 0.2) is 0 Å². The van der Waals surface area contributed by atoms with Gasteiger partial charge in [0.25, 0.3) is 0 Å². The third-order valence-corrected chi connectivity index (χ3v) is 2.73. The van der Waals surface area contributed by atoms with Crippen LogP contribution in [0.1, 0.15) is 37.7 Å². The Hall–Kier alpha value is -1.31. The Morgan fingerprint density at radius 1 is 1.07 bits per heavy atom. The molecule has 0 amide bonds. The lowest BCUT2D eigenvalue weighted by atomic mass is 9.87. The number of rotatable bonds is 0. The number of hydrogen-bond donors (Lipinski definition) is 0. The highest BCUT2D eigenvalue weighted by Gasteiger charge is 2.15. The standard InChI is InChI=1S/C13H18N2/c1-9-6-12-8-11(13(3,4)5)7-10(2)15(12)14-9/h6-8H,1-5H3. The smallest absolute Gasteiger partial charge is 0.0670 e. The van der Waals surface area contributed by atoms with Crippen LogP contribution >= 0.6 is 0 Å². The molecule has 0 aliphatic rings. The molecular formula is C13H18N2. The van der Waals surface area contributed by atoms with E-state index in [0.29, 0.717) is 0 Å². The van der Waals surface area contributed by atoms with Gasteiger partial charge >= 0.3 is 0 Å². The van der Waals surface area contributed by atoms with Gasteiger partial charge in [-0.2, -0.15) is 5.10 Å². The summed E-state index contributed by atoms with van der Waals surface area (Å²) in [6.45, 7) is 10.8. The van der Waals surface area contributed by atoms with Crippen LogP contribution in [0.5, 0.6) is 0 Å². The molecule has 2 aromatic rings. The van der Waals surface area contributed by atoms with Gasteiger partial charge in [0.2, 0.25) is 0 Å². The summed E-state index contributed by atoms with van der Waals surface area (Å²) in [6.07, 6.45) is 0. The fourth-order valence-corrected chi connectivity index (χ4v) is 1.82. The van der Waals surface area contributed by atoms with Gasteiger partial charge in [-0.15, -0.1) is 0 Å². The molecule has 2 rings (SSSR count). The van der Waals surface area contributed by atoms with Gasteiger partial charge < -0.3 is 0 Å². The van der Waals surface area contributed by atoms with E-state index in [1.165, 1.54) is 16.8 Å². The summed E-state index contributed by atoms with van der Waals surface area (Å²) in [5.41, 5.74) is 5.03. The minimum atomic E-state index is 0.199. The van der Waals surface area contributed by atoms with E-state index in [2.05, 4.69) is 51.0 Å². The molecule has 15 heavy (non-hydrogen) atoms. The van der Waals surface area contributed by atoms with Crippen LogP contribution in [-0.4, -0.2) is 9.61 Å². The molecule has 0 bridgehead atoms. The van der Waals surface area contributed by atoms with Gasteiger partial charge in [-0.1, -0.05) is 20.8 Å². The van der Waals surface area contributed by atoms with Gasteiger partial charge in [-0.05, 0) is 43.0 Å². The molecule has 0 radical (unpaired) electrons. The second-order valence-electron chi connectivity index (χ2n) is 5.26. The molecule has 0 atom stereocenters. The van der Waals surface area contributed by atoms with Gasteiger partial charge in [-0.25, -0.2) is 4.52 Å². The Morgan fingerprint density at radius 3 is 2.33 bits per heavy atom. The molecule has 2 heteroatoms. The van der Waals surface area contributed by atoms with E-state index >= 15 is 0 Å². The third-order valence-electron chi connectivity index (χ3n) is 2.73. The molecule has 0 unspecified atom stereocenters. The summed E-state index contributed by atoms with van der Waals surface area (Å²) >= 11 is 0. The van der Waals surface area contributed by atoms with E-state index in [9.17, 15) is 0 Å². The van der Waals surface area contributed by atoms with Crippen molar-refractivity contribution in [1.82, 2.24) is 9.61 Å². The zero-order chi connectivity index (χ0) is 11.2. The van der Waals surface area contributed by atoms with Crippen LogP contribution in [0.2, 0.25) is 0 Å². The fraction of sp³-hybridized carbons (Fsp3) is 0.462. The quantitative estimate of drug-likeness (QED) is 0.641. The van der Waals surface area contributed by atoms with Crippen LogP contribution in [0.3, 0.4) is 0 Å². The number of pyridine rings is 1. The van der Waals surface area contributed by atoms with Crippen molar-refractivity contribution in [3.8, 4) is 0 Å². The molecule has 0 aromatic carbocycles. The Bertz CT molecular complexity index is 501. The van der Waals surface area contributed by atoms with Crippen molar-refractivity contribution in [2.24, 2.45) is 0 Å². The van der Waals surface area contributed by atoms with Crippen LogP contribution in [-0.2, 0) is 5.41 Å². The second kappa shape index (κ2) is 3.09. The molecule has 0 saturated carbocycles. The summed E-state index contributed by atoms with van der Waals surface area (Å²) in [6, 6.07) is 6.58. The Balaban J connectivity index is 2.72. The summed E-state index contributed by atoms with van der Waals surface area (Å²) in [4.78, 5) is 0. The lowest BCUT2D eigenvalue weighted by Crippen LogP contribution is -2.12. The number of hydrogen-bond acceptors (Lipinski definition) is 1. The molecule has 80 valence electrons. The highest BCUT2D eigenvalue weighted by atomic mass is 15.2. The second-order valence-corrected chi connectivity index (χ2v) is 5.26. The van der Waals surface area contributed by atoms with Gasteiger partial charge in [-0.3, -0.25) is 0 Å². The molecule has 0 saturated heterocycles. The molecule has 2 nitrogen and oxygen atoms in total. The first-order chi connectivity index (χ1) is 6.88. The Kier molecular flexibility index (Phi) is 2.10. The first-order valence-corrected chi connectivity index (χ1v) is 5.35. The zero-order valence-electron chi connectivity index (χ0n) is 10.1. The Labute approximate surface area is 90.9 Å². The van der Waals surface area contributed by atoms with E-state index in [-0.39, 0.29) is 5.41 Å². The van der Waals surface area contributed by atoms with Crippen LogP contribution in [0, 0.1) is 13.8 Å². The van der Waals surface area contributed by atoms with E-state index in [0.717, 1.165) is 5.69 Å². The number of aryl methyl sites for hydroxylation is 2. The van der Waals surface area contributed by atoms with Crippen molar-refractivity contribution in [2.75, 3.05) is 0 Å². The van der Waals surface area contributed by atoms with Gasteiger partial charge in [0, 0.05) is 5.69 Å². The normalized spacial score (nSPS) is 12.3. The highest BCUT2D eigenvalue weighted by molar-refractivity contribution is 5.52. The molecule has 0 fully saturated rings. The molecule has 2 heterocycles. The first-order valence-electron chi connectivity index (χ1n) is 5.35. The van der Waals surface area contributed by atoms with E-state index in [1.807, 2.05) is 11.4 Å². The van der Waals surface area contributed by atoms with Crippen molar-refractivity contribution in [1.29, 1.82) is 0 Å². The van der Waals surface area contributed by atoms with E-state index < -0.39 is 0 Å². The van der Waals surface area contributed by atoms with Crippen molar-refractivity contribution in [3.05, 3.63) is 35.2 Å². The Morgan fingerprint density at radius 2 is 1.73 bits per heavy atom. The first kappa shape index (κ1) is 10.2. The van der Waals surface area contributed by atoms with Gasteiger partial charge in [0.05, 0.1) is 11.2 Å². The molecule has 0 aliphatic carbocycles. The third kappa shape index (κ3) is 1.76. The maximum atomic E-state index is 4.45. The summed E-state index contributed by atoms with van der Waals surface area (Å²) in [5, 5.41) is 4.45. The fourth-order valence-electron chi connectivity index (χ4n) is 1.82. The van der Waals surface area contributed by atoms with E-state index in [4.69, 9.17) is 0 Å². The zero-order valence-corrected chi connectivity index (χ0v) is 10.1. The number of nitrogens with zero attached hydrogens (tertiary/aromatic N) is 2. The molecule has 0 aliphatic heterocycles. The largest absolute Gasteiger partial charge is 0.238 e. The van der Waals surface area contributed by atoms with Crippen molar-refractivity contribution < 1.29 is 0 Å². The highest BCUT2D eigenvalue weighted by Crippen LogP contribution is 2.24. The van der Waals surface area contributed by atoms with Crippen molar-refractivity contribution in [3.63, 3.8) is 0 Å². The average Bonchev–Trinajstić information content (AvgIpc) is 2.44. The minimum Gasteiger partial charge on any atom is -0.238 e. The number of fused-ring (bicyclic) bond motifs is 1. The lowest BCUT2D eigenvalue weighted by molar-refractivity contribution is 0.588. The van der Waals surface area contributed by atoms with E-state index in [1.54, 1.807) is 0 Å². The predicted octanol–water partition coefficient (Wildman–Crippen LogP) is 3.25. The van der Waals surface area contributed by atoms with Gasteiger partial charge in [0.1, 0.15) is 0 Å². The molecule has 0 N–H and O–H groups in total. The maximum Gasteiger partial charge on any atom is 0.0670 e. The predicted molar refractivity (Wildman–Crippen MR) is 63.4 cm³/mol. The lowest BCUT2D eigenvalue weighted by Gasteiger charge is -2.19. The molecule has 2 aromatic heterocycles. The average molecular weight is 202 g/mol. The SMILES string of the molecule is Cc1cc2cc(C(C)(C)C)cc(C)n2n1. The van der Waals surface area contributed by atoms with Crippen LogP contribution in [0.25, 0.3) is 5.52 Å². The van der Waals surface area contributed by atoms with Crippen molar-refractivity contribution in [2.45, 2.75) is 40.0 Å². The monoisotopic (exact) mass is 202 g/mol. The number of aromatic nitrogens is 2. The topological polar surface area (TPSA) is 17.3 Å². The van der Waals surface area contributed by atoms with Crippen molar-refractivity contribution >= 4 is 5.52 Å². The maximum absolute atomic E-state index is 4.45. The summed E-state index contributed by atoms with van der Waals surface area (Å²) in [5.74, 6) is 0. The minimum absolute atomic E-state index is 0.199. The van der Waals surface area contributed by atoms with Crippen LogP contribution < -0.4 is 0 Å². The van der Waals surface area contributed by atoms with Crippen LogP contribution in [0.15, 0.2) is 18.2 Å². The molecule has 0 spiro atoms. The molecular weight excluding hydrogens is 184 g/mol. The summed E-state index contributed by atoms with van der Waals surface area (Å²) in [7, 11) is 0.